The third kappa shape index (κ3) is 2.72. The molecule has 0 saturated heterocycles. The number of benzene rings is 1. The number of rotatable bonds is 3. The van der Waals surface area contributed by atoms with Crippen LogP contribution in [0.5, 0.6) is 0 Å². The van der Waals surface area contributed by atoms with Gasteiger partial charge < -0.3 is 13.9 Å². The van der Waals surface area contributed by atoms with Crippen molar-refractivity contribution < 1.29 is 9.21 Å². The summed E-state index contributed by atoms with van der Waals surface area (Å²) < 4.78 is 8.27. The number of allylic oxidation sites excluding steroid dienone is 1. The van der Waals surface area contributed by atoms with Crippen LogP contribution in [0.15, 0.2) is 52.1 Å². The summed E-state index contributed by atoms with van der Waals surface area (Å²) >= 11 is 3.35. The maximum absolute atomic E-state index is 13.3. The Morgan fingerprint density at radius 3 is 3.00 bits per heavy atom. The lowest BCUT2D eigenvalue weighted by Crippen LogP contribution is -2.36. The van der Waals surface area contributed by atoms with E-state index in [1.165, 1.54) is 11.1 Å². The van der Waals surface area contributed by atoms with Gasteiger partial charge in [0, 0.05) is 30.9 Å². The zero-order valence-electron chi connectivity index (χ0n) is 14.1. The van der Waals surface area contributed by atoms with Crippen LogP contribution in [0.3, 0.4) is 0 Å². The third-order valence-corrected chi connectivity index (χ3v) is 5.08. The molecule has 0 atom stereocenters. The zero-order valence-corrected chi connectivity index (χ0v) is 15.7. The summed E-state index contributed by atoms with van der Waals surface area (Å²) in [7, 11) is 0. The molecule has 0 bridgehead atoms. The van der Waals surface area contributed by atoms with Gasteiger partial charge in [-0.25, -0.2) is 0 Å². The average molecular weight is 399 g/mol. The Kier molecular flexibility index (Phi) is 4.04. The number of anilines is 1. The molecule has 128 valence electrons. The fraction of sp³-hybridized carbons (Fsp3) is 0.250. The number of carbonyl (C=O) groups is 1. The van der Waals surface area contributed by atoms with Gasteiger partial charge in [-0.1, -0.05) is 23.8 Å². The third-order valence-electron chi connectivity index (χ3n) is 4.69. The normalized spacial score (nSPS) is 13.9. The molecule has 0 saturated carbocycles. The zero-order chi connectivity index (χ0) is 17.6. The van der Waals surface area contributed by atoms with E-state index in [9.17, 15) is 4.79 Å². The second-order valence-electron chi connectivity index (χ2n) is 6.42. The summed E-state index contributed by atoms with van der Waals surface area (Å²) in [6.07, 6.45) is 3.79. The topological polar surface area (TPSA) is 38.4 Å². The molecule has 5 heteroatoms. The van der Waals surface area contributed by atoms with E-state index in [-0.39, 0.29) is 5.91 Å². The molecule has 1 aliphatic heterocycles. The summed E-state index contributed by atoms with van der Waals surface area (Å²) in [6, 6.07) is 10.0. The van der Waals surface area contributed by atoms with Gasteiger partial charge in [0.2, 0.25) is 0 Å². The average Bonchev–Trinajstić information content (AvgIpc) is 3.11. The minimum absolute atomic E-state index is 0.00850. The summed E-state index contributed by atoms with van der Waals surface area (Å²) in [6.45, 7) is 7.20. The van der Waals surface area contributed by atoms with Crippen molar-refractivity contribution in [1.29, 1.82) is 0 Å². The SMILES string of the molecule is C=CCn1c(C(=O)N2CCCc3cc(C)ccc32)cc2oc(Br)cc21. The quantitative estimate of drug-likeness (QED) is 0.576. The first kappa shape index (κ1) is 16.2. The smallest absolute Gasteiger partial charge is 0.275 e. The van der Waals surface area contributed by atoms with Crippen molar-refractivity contribution >= 4 is 38.6 Å². The number of fused-ring (bicyclic) bond motifs is 2. The molecule has 4 rings (SSSR count). The minimum Gasteiger partial charge on any atom is -0.448 e. The molecule has 3 heterocycles. The van der Waals surface area contributed by atoms with E-state index in [1.807, 2.05) is 21.6 Å². The summed E-state index contributed by atoms with van der Waals surface area (Å²) in [5, 5.41) is 0. The maximum Gasteiger partial charge on any atom is 0.275 e. The summed E-state index contributed by atoms with van der Waals surface area (Å²) in [4.78, 5) is 15.2. The van der Waals surface area contributed by atoms with E-state index in [1.54, 1.807) is 6.08 Å². The minimum atomic E-state index is 0.00850. The molecule has 2 aromatic heterocycles. The standard InChI is InChI=1S/C20H19BrN2O2/c1-3-8-22-16-12-19(21)25-18(16)11-17(22)20(24)23-9-4-5-14-10-13(2)6-7-15(14)23/h3,6-7,10-12H,1,4-5,8-9H2,2H3. The van der Waals surface area contributed by atoms with E-state index in [4.69, 9.17) is 4.42 Å². The molecule has 1 aromatic carbocycles. The molecule has 1 amide bonds. The highest BCUT2D eigenvalue weighted by molar-refractivity contribution is 9.10. The second-order valence-corrected chi connectivity index (χ2v) is 7.20. The van der Waals surface area contributed by atoms with Crippen molar-refractivity contribution in [3.05, 3.63) is 64.5 Å². The second kappa shape index (κ2) is 6.23. The largest absolute Gasteiger partial charge is 0.448 e. The monoisotopic (exact) mass is 398 g/mol. The van der Waals surface area contributed by atoms with E-state index < -0.39 is 0 Å². The molecule has 0 N–H and O–H groups in total. The highest BCUT2D eigenvalue weighted by Crippen LogP contribution is 2.32. The molecule has 0 unspecified atom stereocenters. The van der Waals surface area contributed by atoms with Gasteiger partial charge in [-0.05, 0) is 47.3 Å². The number of halogens is 1. The van der Waals surface area contributed by atoms with Gasteiger partial charge in [0.25, 0.3) is 5.91 Å². The van der Waals surface area contributed by atoms with Crippen LogP contribution in [0.4, 0.5) is 5.69 Å². The van der Waals surface area contributed by atoms with Gasteiger partial charge in [0.05, 0.1) is 5.52 Å². The molecular weight excluding hydrogens is 380 g/mol. The number of amides is 1. The van der Waals surface area contributed by atoms with Crippen LogP contribution in [0, 0.1) is 6.92 Å². The first-order valence-corrected chi connectivity index (χ1v) is 9.18. The van der Waals surface area contributed by atoms with Gasteiger partial charge in [-0.3, -0.25) is 4.79 Å². The van der Waals surface area contributed by atoms with Crippen molar-refractivity contribution in [2.75, 3.05) is 11.4 Å². The van der Waals surface area contributed by atoms with Crippen molar-refractivity contribution in [2.45, 2.75) is 26.3 Å². The Balaban J connectivity index is 1.80. The lowest BCUT2D eigenvalue weighted by Gasteiger charge is -2.30. The Labute approximate surface area is 154 Å². The van der Waals surface area contributed by atoms with Crippen LogP contribution < -0.4 is 4.90 Å². The molecular formula is C20H19BrN2O2. The molecule has 3 aromatic rings. The molecule has 0 spiro atoms. The lowest BCUT2D eigenvalue weighted by atomic mass is 9.99. The molecule has 4 nitrogen and oxygen atoms in total. The first-order valence-electron chi connectivity index (χ1n) is 8.39. The molecule has 0 aliphatic carbocycles. The van der Waals surface area contributed by atoms with Crippen LogP contribution in [0.2, 0.25) is 0 Å². The van der Waals surface area contributed by atoms with Crippen LogP contribution in [0.1, 0.15) is 28.0 Å². The fourth-order valence-electron chi connectivity index (χ4n) is 3.59. The first-order chi connectivity index (χ1) is 12.1. The van der Waals surface area contributed by atoms with Gasteiger partial charge in [0.15, 0.2) is 10.3 Å². The molecule has 0 fully saturated rings. The number of aryl methyl sites for hydroxylation is 2. The van der Waals surface area contributed by atoms with Crippen LogP contribution in [-0.2, 0) is 13.0 Å². The number of hydrogen-bond donors (Lipinski definition) is 0. The van der Waals surface area contributed by atoms with Crippen LogP contribution >= 0.6 is 15.9 Å². The summed E-state index contributed by atoms with van der Waals surface area (Å²) in [5.74, 6) is 0.00850. The molecule has 0 radical (unpaired) electrons. The number of nitrogens with zero attached hydrogens (tertiary/aromatic N) is 2. The maximum atomic E-state index is 13.3. The Morgan fingerprint density at radius 2 is 2.20 bits per heavy atom. The lowest BCUT2D eigenvalue weighted by molar-refractivity contribution is 0.0977. The van der Waals surface area contributed by atoms with E-state index in [0.717, 1.165) is 30.6 Å². The predicted molar refractivity (Wildman–Crippen MR) is 103 cm³/mol. The Hall–Kier alpha value is -2.27. The Bertz CT molecular complexity index is 983. The van der Waals surface area contributed by atoms with Crippen LogP contribution in [0.25, 0.3) is 11.1 Å². The molecule has 1 aliphatic rings. The van der Waals surface area contributed by atoms with E-state index in [2.05, 4.69) is 47.6 Å². The van der Waals surface area contributed by atoms with Crippen LogP contribution in [-0.4, -0.2) is 17.0 Å². The number of furan rings is 1. The predicted octanol–water partition coefficient (Wildman–Crippen LogP) is 5.08. The highest BCUT2D eigenvalue weighted by Gasteiger charge is 2.27. The fourth-order valence-corrected chi connectivity index (χ4v) is 3.98. The van der Waals surface area contributed by atoms with Gasteiger partial charge >= 0.3 is 0 Å². The summed E-state index contributed by atoms with van der Waals surface area (Å²) in [5.41, 5.74) is 5.73. The number of aromatic nitrogens is 1. The van der Waals surface area contributed by atoms with Crippen molar-refractivity contribution in [1.82, 2.24) is 4.57 Å². The van der Waals surface area contributed by atoms with Crippen molar-refractivity contribution in [3.8, 4) is 0 Å². The van der Waals surface area contributed by atoms with Gasteiger partial charge in [0.1, 0.15) is 5.69 Å². The number of carbonyl (C=O) groups excluding carboxylic acids is 1. The van der Waals surface area contributed by atoms with Crippen molar-refractivity contribution in [2.24, 2.45) is 0 Å². The van der Waals surface area contributed by atoms with E-state index >= 15 is 0 Å². The van der Waals surface area contributed by atoms with E-state index in [0.29, 0.717) is 22.5 Å². The van der Waals surface area contributed by atoms with Crippen molar-refractivity contribution in [3.63, 3.8) is 0 Å². The Morgan fingerprint density at radius 1 is 1.36 bits per heavy atom. The van der Waals surface area contributed by atoms with Gasteiger partial charge in [-0.2, -0.15) is 0 Å². The molecule has 25 heavy (non-hydrogen) atoms. The van der Waals surface area contributed by atoms with Gasteiger partial charge in [-0.15, -0.1) is 6.58 Å². The highest BCUT2D eigenvalue weighted by atomic mass is 79.9. The number of hydrogen-bond acceptors (Lipinski definition) is 2.